The summed E-state index contributed by atoms with van der Waals surface area (Å²) in [6, 6.07) is 9.49. The lowest BCUT2D eigenvalue weighted by Gasteiger charge is -2.08. The highest BCUT2D eigenvalue weighted by molar-refractivity contribution is 7.90. The van der Waals surface area contributed by atoms with Gasteiger partial charge in [0.2, 0.25) is 0 Å². The number of phenols is 1. The number of rotatable bonds is 5. The lowest BCUT2D eigenvalue weighted by atomic mass is 10.2. The van der Waals surface area contributed by atoms with Gasteiger partial charge in [-0.05, 0) is 42.0 Å². The van der Waals surface area contributed by atoms with Crippen LogP contribution in [-0.2, 0) is 16.4 Å². The number of hydrogen-bond acceptors (Lipinski definition) is 6. The normalized spacial score (nSPS) is 11.4. The van der Waals surface area contributed by atoms with Crippen LogP contribution in [0.3, 0.4) is 0 Å². The minimum Gasteiger partial charge on any atom is -0.508 e. The third-order valence-corrected chi connectivity index (χ3v) is 4.39. The van der Waals surface area contributed by atoms with Gasteiger partial charge in [0.25, 0.3) is 0 Å². The maximum atomic E-state index is 11.6. The van der Waals surface area contributed by atoms with Crippen molar-refractivity contribution in [3.63, 3.8) is 0 Å². The third-order valence-electron chi connectivity index (χ3n) is 3.30. The van der Waals surface area contributed by atoms with Crippen LogP contribution in [0.5, 0.6) is 11.5 Å². The first kappa shape index (κ1) is 16.0. The van der Waals surface area contributed by atoms with E-state index in [1.807, 2.05) is 6.07 Å². The van der Waals surface area contributed by atoms with Crippen LogP contribution in [0.1, 0.15) is 5.56 Å². The summed E-state index contributed by atoms with van der Waals surface area (Å²) in [5.41, 5.74) is 2.08. The van der Waals surface area contributed by atoms with Crippen LogP contribution in [0.15, 0.2) is 53.7 Å². The number of aromatic amines is 1. The summed E-state index contributed by atoms with van der Waals surface area (Å²) in [5.74, 6) is 0.409. The number of H-pyrrole nitrogens is 1. The molecule has 0 unspecified atom stereocenters. The van der Waals surface area contributed by atoms with Crippen molar-refractivity contribution in [1.29, 1.82) is 0 Å². The molecule has 0 fully saturated rings. The van der Waals surface area contributed by atoms with Gasteiger partial charge >= 0.3 is 0 Å². The Morgan fingerprint density at radius 1 is 1.21 bits per heavy atom. The standard InChI is InChI=1S/C16H15N3O4S/c1-24(21,22)14-7-11(6-12(20)8-14)10-23-13-2-3-15(17-9-13)16-4-5-18-19-16/h2-9,20H,10H2,1H3,(H,18,19). The zero-order chi connectivity index (χ0) is 17.2. The van der Waals surface area contributed by atoms with E-state index in [9.17, 15) is 13.5 Å². The maximum absolute atomic E-state index is 11.6. The second-order valence-corrected chi connectivity index (χ2v) is 7.26. The molecule has 0 amide bonds. The van der Waals surface area contributed by atoms with Crippen molar-refractivity contribution in [2.24, 2.45) is 0 Å². The molecular weight excluding hydrogens is 330 g/mol. The summed E-state index contributed by atoms with van der Waals surface area (Å²) in [6.45, 7) is 0.113. The number of aromatic hydroxyl groups is 1. The first-order chi connectivity index (χ1) is 11.4. The monoisotopic (exact) mass is 345 g/mol. The van der Waals surface area contributed by atoms with Crippen LogP contribution >= 0.6 is 0 Å². The number of nitrogens with one attached hydrogen (secondary N) is 1. The minimum absolute atomic E-state index is 0.0498. The van der Waals surface area contributed by atoms with Gasteiger partial charge in [0.05, 0.1) is 22.5 Å². The Kier molecular flexibility index (Phi) is 4.22. The van der Waals surface area contributed by atoms with Gasteiger partial charge in [-0.15, -0.1) is 0 Å². The molecule has 0 aliphatic rings. The lowest BCUT2D eigenvalue weighted by molar-refractivity contribution is 0.304. The SMILES string of the molecule is CS(=O)(=O)c1cc(O)cc(COc2ccc(-c3ccn[nH]3)nc2)c1. The van der Waals surface area contributed by atoms with Gasteiger partial charge < -0.3 is 9.84 Å². The summed E-state index contributed by atoms with van der Waals surface area (Å²) < 4.78 is 28.8. The van der Waals surface area contributed by atoms with Crippen molar-refractivity contribution >= 4 is 9.84 Å². The molecule has 3 rings (SSSR count). The van der Waals surface area contributed by atoms with E-state index >= 15 is 0 Å². The summed E-state index contributed by atoms with van der Waals surface area (Å²) in [4.78, 5) is 4.32. The molecule has 2 N–H and O–H groups in total. The predicted octanol–water partition coefficient (Wildman–Crippen LogP) is 2.16. The Bertz CT molecular complexity index is 936. The van der Waals surface area contributed by atoms with Crippen molar-refractivity contribution in [3.05, 3.63) is 54.4 Å². The molecule has 0 aliphatic heterocycles. The molecule has 0 saturated heterocycles. The van der Waals surface area contributed by atoms with Crippen LogP contribution in [0.4, 0.5) is 0 Å². The number of hydrogen-bond donors (Lipinski definition) is 2. The maximum Gasteiger partial charge on any atom is 0.175 e. The topological polar surface area (TPSA) is 105 Å². The Morgan fingerprint density at radius 2 is 2.04 bits per heavy atom. The molecule has 2 heterocycles. The van der Waals surface area contributed by atoms with Crippen molar-refractivity contribution in [2.75, 3.05) is 6.26 Å². The quantitative estimate of drug-likeness (QED) is 0.734. The van der Waals surface area contributed by atoms with Crippen molar-refractivity contribution in [1.82, 2.24) is 15.2 Å². The molecule has 0 saturated carbocycles. The number of ether oxygens (including phenoxy) is 1. The smallest absolute Gasteiger partial charge is 0.175 e. The molecule has 0 aliphatic carbocycles. The summed E-state index contributed by atoms with van der Waals surface area (Å²) in [5, 5.41) is 16.3. The molecule has 7 nitrogen and oxygen atoms in total. The predicted molar refractivity (Wildman–Crippen MR) is 87.4 cm³/mol. The van der Waals surface area contributed by atoms with Crippen LogP contribution in [0, 0.1) is 0 Å². The van der Waals surface area contributed by atoms with E-state index < -0.39 is 9.84 Å². The van der Waals surface area contributed by atoms with Crippen molar-refractivity contribution in [2.45, 2.75) is 11.5 Å². The summed E-state index contributed by atoms with van der Waals surface area (Å²) in [7, 11) is -3.40. The zero-order valence-electron chi connectivity index (χ0n) is 12.8. The average molecular weight is 345 g/mol. The molecule has 0 bridgehead atoms. The second-order valence-electron chi connectivity index (χ2n) is 5.25. The van der Waals surface area contributed by atoms with E-state index in [1.54, 1.807) is 24.5 Å². The summed E-state index contributed by atoms with van der Waals surface area (Å²) >= 11 is 0. The number of benzene rings is 1. The van der Waals surface area contributed by atoms with Crippen LogP contribution in [-0.4, -0.2) is 35.0 Å². The third kappa shape index (κ3) is 3.72. The van der Waals surface area contributed by atoms with Gasteiger partial charge in [0.1, 0.15) is 18.1 Å². The molecule has 0 spiro atoms. The van der Waals surface area contributed by atoms with Gasteiger partial charge in [0.15, 0.2) is 9.84 Å². The average Bonchev–Trinajstić information content (AvgIpc) is 3.06. The van der Waals surface area contributed by atoms with Crippen LogP contribution in [0.25, 0.3) is 11.4 Å². The van der Waals surface area contributed by atoms with Gasteiger partial charge in [0, 0.05) is 12.5 Å². The molecule has 124 valence electrons. The fourth-order valence-corrected chi connectivity index (χ4v) is 2.83. The lowest BCUT2D eigenvalue weighted by Crippen LogP contribution is -2.01. The molecule has 0 radical (unpaired) electrons. The minimum atomic E-state index is -3.40. The zero-order valence-corrected chi connectivity index (χ0v) is 13.6. The number of nitrogens with zero attached hydrogens (tertiary/aromatic N) is 2. The molecule has 2 aromatic heterocycles. The number of phenolic OH excluding ortho intramolecular Hbond substituents is 1. The van der Waals surface area contributed by atoms with Crippen LogP contribution in [0.2, 0.25) is 0 Å². The molecule has 1 aromatic carbocycles. The van der Waals surface area contributed by atoms with Gasteiger partial charge in [-0.3, -0.25) is 10.1 Å². The summed E-state index contributed by atoms with van der Waals surface area (Å²) in [6.07, 6.45) is 4.30. The fraction of sp³-hybridized carbons (Fsp3) is 0.125. The molecule has 24 heavy (non-hydrogen) atoms. The number of pyridine rings is 1. The highest BCUT2D eigenvalue weighted by Gasteiger charge is 2.10. The van der Waals surface area contributed by atoms with E-state index in [0.29, 0.717) is 11.3 Å². The van der Waals surface area contributed by atoms with E-state index in [2.05, 4.69) is 15.2 Å². The van der Waals surface area contributed by atoms with E-state index in [0.717, 1.165) is 17.6 Å². The van der Waals surface area contributed by atoms with Crippen molar-refractivity contribution < 1.29 is 18.3 Å². The first-order valence-electron chi connectivity index (χ1n) is 7.03. The molecule has 3 aromatic rings. The fourth-order valence-electron chi connectivity index (χ4n) is 2.13. The van der Waals surface area contributed by atoms with Gasteiger partial charge in [-0.2, -0.15) is 5.10 Å². The second kappa shape index (κ2) is 6.32. The molecule has 8 heteroatoms. The number of sulfone groups is 1. The van der Waals surface area contributed by atoms with Gasteiger partial charge in [-0.1, -0.05) is 0 Å². The Balaban J connectivity index is 1.73. The molecular formula is C16H15N3O4S. The van der Waals surface area contributed by atoms with Gasteiger partial charge in [-0.25, -0.2) is 8.42 Å². The number of aromatic nitrogens is 3. The largest absolute Gasteiger partial charge is 0.508 e. The first-order valence-corrected chi connectivity index (χ1v) is 8.92. The Morgan fingerprint density at radius 3 is 2.67 bits per heavy atom. The molecule has 0 atom stereocenters. The Hall–Kier alpha value is -2.87. The van der Waals surface area contributed by atoms with Crippen LogP contribution < -0.4 is 4.74 Å². The highest BCUT2D eigenvalue weighted by Crippen LogP contribution is 2.22. The highest BCUT2D eigenvalue weighted by atomic mass is 32.2. The Labute approximate surface area is 138 Å². The van der Waals surface area contributed by atoms with E-state index in [-0.39, 0.29) is 17.3 Å². The van der Waals surface area contributed by atoms with E-state index in [1.165, 1.54) is 18.2 Å². The van der Waals surface area contributed by atoms with Crippen molar-refractivity contribution in [3.8, 4) is 22.9 Å². The van der Waals surface area contributed by atoms with E-state index in [4.69, 9.17) is 4.74 Å².